The summed E-state index contributed by atoms with van der Waals surface area (Å²) in [5.41, 5.74) is 0. The molecule has 0 saturated carbocycles. The lowest BCUT2D eigenvalue weighted by Gasteiger charge is -2.05. The Hall–Kier alpha value is -0.240. The number of halogens is 1. The first kappa shape index (κ1) is 7.76. The molecule has 1 atom stereocenters. The Labute approximate surface area is 54.2 Å². The van der Waals surface area contributed by atoms with Crippen LogP contribution in [0.1, 0.15) is 13.8 Å². The molecule has 8 heavy (non-hydrogen) atoms. The predicted molar refractivity (Wildman–Crippen MR) is 34.0 cm³/mol. The second-order valence-corrected chi connectivity index (χ2v) is 2.06. The van der Waals surface area contributed by atoms with E-state index < -0.39 is 0 Å². The molecule has 48 valence electrons. The third-order valence-corrected chi connectivity index (χ3v) is 1.14. The number of hydrogen-bond donors (Lipinski definition) is 1. The van der Waals surface area contributed by atoms with Crippen LogP contribution in [0.15, 0.2) is 0 Å². The highest BCUT2D eigenvalue weighted by molar-refractivity contribution is 6.18. The van der Waals surface area contributed by atoms with E-state index in [-0.39, 0.29) is 11.9 Å². The second kappa shape index (κ2) is 3.72. The van der Waals surface area contributed by atoms with E-state index in [0.29, 0.717) is 5.88 Å². The van der Waals surface area contributed by atoms with Gasteiger partial charge >= 0.3 is 0 Å². The van der Waals surface area contributed by atoms with Crippen molar-refractivity contribution in [2.24, 2.45) is 0 Å². The normalized spacial score (nSPS) is 12.9. The smallest absolute Gasteiger partial charge is 0.217 e. The van der Waals surface area contributed by atoms with Gasteiger partial charge in [0.15, 0.2) is 0 Å². The highest BCUT2D eigenvalue weighted by atomic mass is 35.5. The van der Waals surface area contributed by atoms with Gasteiger partial charge in [-0.05, 0) is 6.92 Å². The van der Waals surface area contributed by atoms with Crippen molar-refractivity contribution in [1.29, 1.82) is 0 Å². The van der Waals surface area contributed by atoms with Crippen LogP contribution in [0.2, 0.25) is 0 Å². The number of alkyl halides is 1. The van der Waals surface area contributed by atoms with Gasteiger partial charge in [-0.3, -0.25) is 4.79 Å². The molecular formula is C5H10ClNO. The lowest BCUT2D eigenvalue weighted by atomic mass is 10.4. The molecule has 0 saturated heterocycles. The summed E-state index contributed by atoms with van der Waals surface area (Å²) in [5.74, 6) is 0.442. The van der Waals surface area contributed by atoms with Gasteiger partial charge in [0, 0.05) is 18.8 Å². The number of hydrogen-bond acceptors (Lipinski definition) is 1. The Morgan fingerprint density at radius 3 is 2.50 bits per heavy atom. The van der Waals surface area contributed by atoms with Crippen molar-refractivity contribution in [2.45, 2.75) is 19.9 Å². The molecule has 0 radical (unpaired) electrons. The molecule has 0 aromatic carbocycles. The highest BCUT2D eigenvalue weighted by Crippen LogP contribution is 1.83. The highest BCUT2D eigenvalue weighted by Gasteiger charge is 1.97. The van der Waals surface area contributed by atoms with Crippen molar-refractivity contribution >= 4 is 17.5 Å². The van der Waals surface area contributed by atoms with Crippen LogP contribution in [0.3, 0.4) is 0 Å². The zero-order chi connectivity index (χ0) is 6.57. The topological polar surface area (TPSA) is 29.1 Å². The number of amides is 1. The largest absolute Gasteiger partial charge is 0.353 e. The minimum Gasteiger partial charge on any atom is -0.353 e. The van der Waals surface area contributed by atoms with E-state index in [9.17, 15) is 4.79 Å². The Bertz CT molecular complexity index is 84.5. The number of carbonyl (C=O) groups is 1. The molecule has 0 heterocycles. The molecule has 2 nitrogen and oxygen atoms in total. The maximum Gasteiger partial charge on any atom is 0.217 e. The number of carbonyl (C=O) groups excluding carboxylic acids is 1. The minimum atomic E-state index is -0.0295. The van der Waals surface area contributed by atoms with E-state index in [1.807, 2.05) is 6.92 Å². The molecule has 0 aliphatic carbocycles. The van der Waals surface area contributed by atoms with Crippen molar-refractivity contribution in [2.75, 3.05) is 5.88 Å². The molecule has 0 aliphatic heterocycles. The first-order valence-corrected chi connectivity index (χ1v) is 3.03. The molecule has 0 aromatic heterocycles. The van der Waals surface area contributed by atoms with Gasteiger partial charge in [0.2, 0.25) is 5.91 Å². The molecule has 0 fully saturated rings. The third kappa shape index (κ3) is 3.93. The van der Waals surface area contributed by atoms with E-state index in [2.05, 4.69) is 5.32 Å². The van der Waals surface area contributed by atoms with Crippen LogP contribution < -0.4 is 5.32 Å². The second-order valence-electron chi connectivity index (χ2n) is 1.76. The van der Waals surface area contributed by atoms with Crippen LogP contribution in [0.4, 0.5) is 0 Å². The maximum atomic E-state index is 10.2. The first-order valence-electron chi connectivity index (χ1n) is 2.50. The number of rotatable bonds is 2. The SMILES string of the molecule is CC(=O)NC(C)CCl. The summed E-state index contributed by atoms with van der Waals surface area (Å²) < 4.78 is 0. The van der Waals surface area contributed by atoms with Gasteiger partial charge in [0.05, 0.1) is 0 Å². The minimum absolute atomic E-state index is 0.0295. The molecule has 1 amide bonds. The Kier molecular flexibility index (Phi) is 3.61. The molecule has 0 bridgehead atoms. The van der Waals surface area contributed by atoms with Crippen molar-refractivity contribution in [3.8, 4) is 0 Å². The summed E-state index contributed by atoms with van der Waals surface area (Å²) in [4.78, 5) is 10.2. The molecule has 3 heteroatoms. The van der Waals surface area contributed by atoms with Gasteiger partial charge in [0.1, 0.15) is 0 Å². The van der Waals surface area contributed by atoms with Crippen LogP contribution >= 0.6 is 11.6 Å². The van der Waals surface area contributed by atoms with Gasteiger partial charge < -0.3 is 5.32 Å². The molecule has 1 N–H and O–H groups in total. The summed E-state index contributed by atoms with van der Waals surface area (Å²) >= 11 is 5.38. The van der Waals surface area contributed by atoms with Gasteiger partial charge in [-0.25, -0.2) is 0 Å². The lowest BCUT2D eigenvalue weighted by Crippen LogP contribution is -2.31. The van der Waals surface area contributed by atoms with Gasteiger partial charge in [-0.15, -0.1) is 11.6 Å². The van der Waals surface area contributed by atoms with Gasteiger partial charge in [-0.2, -0.15) is 0 Å². The van der Waals surface area contributed by atoms with Crippen molar-refractivity contribution in [3.63, 3.8) is 0 Å². The molecular weight excluding hydrogens is 126 g/mol. The lowest BCUT2D eigenvalue weighted by molar-refractivity contribution is -0.119. The fourth-order valence-corrected chi connectivity index (χ4v) is 0.463. The Morgan fingerprint density at radius 2 is 2.38 bits per heavy atom. The fraction of sp³-hybridized carbons (Fsp3) is 0.800. The van der Waals surface area contributed by atoms with Crippen molar-refractivity contribution < 1.29 is 4.79 Å². The summed E-state index contributed by atoms with van der Waals surface area (Å²) in [5, 5.41) is 2.62. The quantitative estimate of drug-likeness (QED) is 0.557. The number of nitrogens with one attached hydrogen (secondary N) is 1. The average Bonchev–Trinajstić information content (AvgIpc) is 1.65. The summed E-state index contributed by atoms with van der Waals surface area (Å²) in [6, 6.07) is 0.0918. The monoisotopic (exact) mass is 135 g/mol. The van der Waals surface area contributed by atoms with Crippen LogP contribution in [0.5, 0.6) is 0 Å². The summed E-state index contributed by atoms with van der Waals surface area (Å²) in [6.07, 6.45) is 0. The molecule has 0 aliphatic rings. The van der Waals surface area contributed by atoms with E-state index in [1.54, 1.807) is 0 Å². The fourth-order valence-electron chi connectivity index (χ4n) is 0.386. The predicted octanol–water partition coefficient (Wildman–Crippen LogP) is 0.750. The Balaban J connectivity index is 3.24. The van der Waals surface area contributed by atoms with E-state index >= 15 is 0 Å². The summed E-state index contributed by atoms with van der Waals surface area (Å²) in [7, 11) is 0. The van der Waals surface area contributed by atoms with Gasteiger partial charge in [0.25, 0.3) is 0 Å². The van der Waals surface area contributed by atoms with Crippen LogP contribution in [-0.4, -0.2) is 17.8 Å². The average molecular weight is 136 g/mol. The van der Waals surface area contributed by atoms with Crippen molar-refractivity contribution in [1.82, 2.24) is 5.32 Å². The maximum absolute atomic E-state index is 10.2. The van der Waals surface area contributed by atoms with E-state index in [0.717, 1.165) is 0 Å². The molecule has 0 aromatic rings. The summed E-state index contributed by atoms with van der Waals surface area (Å²) in [6.45, 7) is 3.33. The molecule has 0 spiro atoms. The van der Waals surface area contributed by atoms with Crippen LogP contribution in [0, 0.1) is 0 Å². The van der Waals surface area contributed by atoms with Crippen LogP contribution in [0.25, 0.3) is 0 Å². The Morgan fingerprint density at radius 1 is 1.88 bits per heavy atom. The van der Waals surface area contributed by atoms with Crippen LogP contribution in [-0.2, 0) is 4.79 Å². The van der Waals surface area contributed by atoms with E-state index in [1.165, 1.54) is 6.92 Å². The molecule has 0 rings (SSSR count). The zero-order valence-corrected chi connectivity index (χ0v) is 5.83. The molecule has 1 unspecified atom stereocenters. The standard InChI is InChI=1S/C5H10ClNO/c1-4(3-6)7-5(2)8/h4H,3H2,1-2H3,(H,7,8). The van der Waals surface area contributed by atoms with Crippen molar-refractivity contribution in [3.05, 3.63) is 0 Å². The van der Waals surface area contributed by atoms with Gasteiger partial charge in [-0.1, -0.05) is 0 Å². The third-order valence-electron chi connectivity index (χ3n) is 0.681. The zero-order valence-electron chi connectivity index (χ0n) is 5.07. The first-order chi connectivity index (χ1) is 3.66. The van der Waals surface area contributed by atoms with E-state index in [4.69, 9.17) is 11.6 Å².